The van der Waals surface area contributed by atoms with Crippen molar-refractivity contribution < 1.29 is 19.1 Å². The van der Waals surface area contributed by atoms with Crippen molar-refractivity contribution >= 4 is 17.6 Å². The maximum absolute atomic E-state index is 13.6. The predicted octanol–water partition coefficient (Wildman–Crippen LogP) is 4.54. The standard InChI is InChI=1S/C33H35N5O4/c1-41-28-13-6-11-26(21-28)30-15-16-31(35-34-30)36-17-8-18-37(20-19-36)32(39)24-38(23-25-9-4-3-5-10-25)33(40)27-12-7-14-29(22-27)42-2/h3-7,9-16,21-22H,8,17-20,23-24H2,1-2H3. The Labute approximate surface area is 246 Å². The van der Waals surface area contributed by atoms with Crippen molar-refractivity contribution in [1.82, 2.24) is 20.0 Å². The molecule has 216 valence electrons. The monoisotopic (exact) mass is 565 g/mol. The molecule has 0 radical (unpaired) electrons. The molecule has 0 saturated carbocycles. The fraction of sp³-hybridized carbons (Fsp3) is 0.273. The van der Waals surface area contributed by atoms with Crippen LogP contribution in [0, 0.1) is 0 Å². The summed E-state index contributed by atoms with van der Waals surface area (Å²) in [6.07, 6.45) is 0.785. The Balaban J connectivity index is 1.25. The number of anilines is 1. The van der Waals surface area contributed by atoms with Gasteiger partial charge in [0.15, 0.2) is 5.82 Å². The van der Waals surface area contributed by atoms with E-state index in [0.29, 0.717) is 37.5 Å². The first kappa shape index (κ1) is 28.6. The summed E-state index contributed by atoms with van der Waals surface area (Å²) in [7, 11) is 3.21. The van der Waals surface area contributed by atoms with Crippen molar-refractivity contribution in [1.29, 1.82) is 0 Å². The average Bonchev–Trinajstić information content (AvgIpc) is 3.31. The molecule has 9 nitrogen and oxygen atoms in total. The Morgan fingerprint density at radius 1 is 0.786 bits per heavy atom. The molecule has 1 saturated heterocycles. The number of amides is 2. The maximum Gasteiger partial charge on any atom is 0.254 e. The summed E-state index contributed by atoms with van der Waals surface area (Å²) in [6.45, 7) is 2.84. The van der Waals surface area contributed by atoms with E-state index in [-0.39, 0.29) is 18.4 Å². The largest absolute Gasteiger partial charge is 0.497 e. The lowest BCUT2D eigenvalue weighted by molar-refractivity contribution is -0.131. The van der Waals surface area contributed by atoms with Gasteiger partial charge in [-0.15, -0.1) is 10.2 Å². The SMILES string of the molecule is COc1cccc(C(=O)N(CC(=O)N2CCCN(c3ccc(-c4cccc(OC)c4)nn3)CC2)Cc2ccccc2)c1. The van der Waals surface area contributed by atoms with Crippen molar-refractivity contribution in [3.05, 3.63) is 102 Å². The summed E-state index contributed by atoms with van der Waals surface area (Å²) in [5.74, 6) is 1.84. The van der Waals surface area contributed by atoms with E-state index in [2.05, 4.69) is 15.1 Å². The number of hydrogen-bond acceptors (Lipinski definition) is 7. The number of ether oxygens (including phenoxy) is 2. The van der Waals surface area contributed by atoms with Gasteiger partial charge in [0.1, 0.15) is 18.0 Å². The van der Waals surface area contributed by atoms with Gasteiger partial charge in [0, 0.05) is 43.9 Å². The van der Waals surface area contributed by atoms with Crippen LogP contribution in [0.2, 0.25) is 0 Å². The Bertz CT molecular complexity index is 1500. The van der Waals surface area contributed by atoms with E-state index < -0.39 is 0 Å². The Morgan fingerprint density at radius 2 is 1.55 bits per heavy atom. The van der Waals surface area contributed by atoms with Gasteiger partial charge in [0.25, 0.3) is 5.91 Å². The summed E-state index contributed by atoms with van der Waals surface area (Å²) >= 11 is 0. The highest BCUT2D eigenvalue weighted by molar-refractivity contribution is 5.96. The molecule has 9 heteroatoms. The zero-order valence-corrected chi connectivity index (χ0v) is 24.0. The molecule has 0 aliphatic carbocycles. The van der Waals surface area contributed by atoms with E-state index in [9.17, 15) is 9.59 Å². The van der Waals surface area contributed by atoms with Crippen LogP contribution >= 0.6 is 0 Å². The molecule has 0 spiro atoms. The van der Waals surface area contributed by atoms with Gasteiger partial charge >= 0.3 is 0 Å². The molecule has 2 amide bonds. The molecule has 1 fully saturated rings. The van der Waals surface area contributed by atoms with Crippen molar-refractivity contribution in [2.75, 3.05) is 51.8 Å². The summed E-state index contributed by atoms with van der Waals surface area (Å²) < 4.78 is 10.6. The topological polar surface area (TPSA) is 88.1 Å². The summed E-state index contributed by atoms with van der Waals surface area (Å²) in [5.41, 5.74) is 3.14. The van der Waals surface area contributed by atoms with Crippen LogP contribution in [0.4, 0.5) is 5.82 Å². The van der Waals surface area contributed by atoms with Crippen LogP contribution in [0.5, 0.6) is 11.5 Å². The summed E-state index contributed by atoms with van der Waals surface area (Å²) in [4.78, 5) is 32.7. The third kappa shape index (κ3) is 7.04. The molecule has 4 aromatic rings. The molecule has 0 atom stereocenters. The Kier molecular flexibility index (Phi) is 9.28. The zero-order chi connectivity index (χ0) is 29.3. The fourth-order valence-corrected chi connectivity index (χ4v) is 5.03. The molecular weight excluding hydrogens is 530 g/mol. The number of rotatable bonds is 9. The van der Waals surface area contributed by atoms with Crippen LogP contribution < -0.4 is 14.4 Å². The van der Waals surface area contributed by atoms with Gasteiger partial charge in [-0.05, 0) is 54.4 Å². The number of carbonyl (C=O) groups is 2. The molecule has 1 aliphatic heterocycles. The fourth-order valence-electron chi connectivity index (χ4n) is 5.03. The van der Waals surface area contributed by atoms with Crippen molar-refractivity contribution in [3.8, 4) is 22.8 Å². The number of methoxy groups -OCH3 is 2. The van der Waals surface area contributed by atoms with Crippen LogP contribution in [-0.2, 0) is 11.3 Å². The molecule has 42 heavy (non-hydrogen) atoms. The van der Waals surface area contributed by atoms with Gasteiger partial charge < -0.3 is 24.2 Å². The quantitative estimate of drug-likeness (QED) is 0.294. The van der Waals surface area contributed by atoms with Crippen molar-refractivity contribution in [2.45, 2.75) is 13.0 Å². The molecule has 2 heterocycles. The highest BCUT2D eigenvalue weighted by Gasteiger charge is 2.25. The molecule has 5 rings (SSSR count). The minimum Gasteiger partial charge on any atom is -0.497 e. The van der Waals surface area contributed by atoms with E-state index in [1.807, 2.05) is 71.6 Å². The smallest absolute Gasteiger partial charge is 0.254 e. The Morgan fingerprint density at radius 3 is 2.29 bits per heavy atom. The second-order valence-electron chi connectivity index (χ2n) is 10.1. The van der Waals surface area contributed by atoms with Gasteiger partial charge in [-0.2, -0.15) is 0 Å². The average molecular weight is 566 g/mol. The number of benzene rings is 3. The second kappa shape index (κ2) is 13.6. The van der Waals surface area contributed by atoms with Crippen molar-refractivity contribution in [2.24, 2.45) is 0 Å². The van der Waals surface area contributed by atoms with Gasteiger partial charge in [-0.3, -0.25) is 9.59 Å². The lowest BCUT2D eigenvalue weighted by atomic mass is 10.1. The number of hydrogen-bond donors (Lipinski definition) is 0. The third-order valence-electron chi connectivity index (χ3n) is 7.33. The van der Waals surface area contributed by atoms with Crippen LogP contribution in [0.15, 0.2) is 91.0 Å². The van der Waals surface area contributed by atoms with Crippen LogP contribution in [0.1, 0.15) is 22.3 Å². The lowest BCUT2D eigenvalue weighted by Gasteiger charge is -2.27. The molecule has 0 unspecified atom stereocenters. The summed E-state index contributed by atoms with van der Waals surface area (Å²) in [6, 6.07) is 28.4. The molecule has 1 aliphatic rings. The Hall–Kier alpha value is -4.92. The van der Waals surface area contributed by atoms with Gasteiger partial charge in [-0.1, -0.05) is 48.5 Å². The second-order valence-corrected chi connectivity index (χ2v) is 10.1. The van der Waals surface area contributed by atoms with Crippen LogP contribution in [0.25, 0.3) is 11.3 Å². The first-order chi connectivity index (χ1) is 20.5. The number of nitrogens with zero attached hydrogens (tertiary/aromatic N) is 5. The van der Waals surface area contributed by atoms with E-state index in [4.69, 9.17) is 9.47 Å². The number of aromatic nitrogens is 2. The van der Waals surface area contributed by atoms with Crippen LogP contribution in [0.3, 0.4) is 0 Å². The van der Waals surface area contributed by atoms with E-state index >= 15 is 0 Å². The highest BCUT2D eigenvalue weighted by Crippen LogP contribution is 2.23. The van der Waals surface area contributed by atoms with E-state index in [1.54, 1.807) is 43.4 Å². The first-order valence-corrected chi connectivity index (χ1v) is 14.0. The molecular formula is C33H35N5O4. The summed E-state index contributed by atoms with van der Waals surface area (Å²) in [5, 5.41) is 8.92. The molecule has 0 N–H and O–H groups in total. The van der Waals surface area contributed by atoms with Gasteiger partial charge in [-0.25, -0.2) is 0 Å². The third-order valence-corrected chi connectivity index (χ3v) is 7.33. The van der Waals surface area contributed by atoms with E-state index in [0.717, 1.165) is 41.4 Å². The predicted molar refractivity (Wildman–Crippen MR) is 162 cm³/mol. The minimum atomic E-state index is -0.214. The number of carbonyl (C=O) groups excluding carboxylic acids is 2. The normalized spacial score (nSPS) is 13.3. The molecule has 3 aromatic carbocycles. The zero-order valence-electron chi connectivity index (χ0n) is 24.0. The van der Waals surface area contributed by atoms with E-state index in [1.165, 1.54) is 0 Å². The first-order valence-electron chi connectivity index (χ1n) is 14.0. The lowest BCUT2D eigenvalue weighted by Crippen LogP contribution is -2.44. The van der Waals surface area contributed by atoms with Crippen LogP contribution in [-0.4, -0.2) is 78.8 Å². The maximum atomic E-state index is 13.6. The van der Waals surface area contributed by atoms with Gasteiger partial charge in [0.05, 0.1) is 19.9 Å². The molecule has 1 aromatic heterocycles. The minimum absolute atomic E-state index is 0.0139. The van der Waals surface area contributed by atoms with Gasteiger partial charge in [0.2, 0.25) is 5.91 Å². The van der Waals surface area contributed by atoms with Crippen molar-refractivity contribution in [3.63, 3.8) is 0 Å². The highest BCUT2D eigenvalue weighted by atomic mass is 16.5. The molecule has 0 bridgehead atoms.